The molecule has 0 aliphatic carbocycles. The maximum atomic E-state index is 6.06. The summed E-state index contributed by atoms with van der Waals surface area (Å²) < 4.78 is 5.62. The van der Waals surface area contributed by atoms with Crippen LogP contribution in [0, 0.1) is 0 Å². The first-order valence-corrected chi connectivity index (χ1v) is 7.07. The van der Waals surface area contributed by atoms with Gasteiger partial charge in [0.25, 0.3) is 0 Å². The molecule has 0 aliphatic heterocycles. The summed E-state index contributed by atoms with van der Waals surface area (Å²) in [5.74, 6) is 0. The van der Waals surface area contributed by atoms with Gasteiger partial charge < -0.3 is 4.74 Å². The van der Waals surface area contributed by atoms with Crippen molar-refractivity contribution in [2.24, 2.45) is 0 Å². The molecule has 0 saturated carbocycles. The number of benzene rings is 1. The van der Waals surface area contributed by atoms with E-state index in [0.717, 1.165) is 23.4 Å². The third-order valence-corrected chi connectivity index (χ3v) is 3.23. The molecule has 0 aliphatic rings. The molecule has 19 heavy (non-hydrogen) atoms. The lowest BCUT2D eigenvalue weighted by molar-refractivity contribution is 0.148. The van der Waals surface area contributed by atoms with Gasteiger partial charge in [0, 0.05) is 5.02 Å². The van der Waals surface area contributed by atoms with Crippen LogP contribution in [0.4, 0.5) is 0 Å². The van der Waals surface area contributed by atoms with Crippen molar-refractivity contribution in [3.05, 3.63) is 58.1 Å². The predicted molar refractivity (Wildman–Crippen MR) is 83.5 cm³/mol. The molecule has 0 N–H and O–H groups in total. The number of allylic oxidation sites excluding steroid dienone is 3. The van der Waals surface area contributed by atoms with Gasteiger partial charge in [0.15, 0.2) is 0 Å². The summed E-state index contributed by atoms with van der Waals surface area (Å²) in [6.45, 7) is 7.62. The fourth-order valence-corrected chi connectivity index (χ4v) is 1.87. The standard InChI is InChI=1S/C17H23ClO/c1-14(2)7-6-8-15(3)11-12-19-13-16-9-4-5-10-17(16)18/h4-5,7,9-11H,6,8,12-13H2,1-3H3/b15-11+. The van der Waals surface area contributed by atoms with Crippen molar-refractivity contribution < 1.29 is 4.74 Å². The Morgan fingerprint density at radius 2 is 1.89 bits per heavy atom. The summed E-state index contributed by atoms with van der Waals surface area (Å²) >= 11 is 6.06. The molecule has 0 atom stereocenters. The first-order chi connectivity index (χ1) is 9.09. The molecule has 1 nitrogen and oxygen atoms in total. The van der Waals surface area contributed by atoms with Crippen LogP contribution >= 0.6 is 11.6 Å². The predicted octanol–water partition coefficient (Wildman–Crippen LogP) is 5.55. The second kappa shape index (κ2) is 8.95. The highest BCUT2D eigenvalue weighted by Crippen LogP contribution is 2.15. The van der Waals surface area contributed by atoms with Crippen molar-refractivity contribution in [1.29, 1.82) is 0 Å². The van der Waals surface area contributed by atoms with Crippen LogP contribution < -0.4 is 0 Å². The Kier molecular flexibility index (Phi) is 7.54. The van der Waals surface area contributed by atoms with Gasteiger partial charge in [0.05, 0.1) is 13.2 Å². The molecule has 1 rings (SSSR count). The zero-order chi connectivity index (χ0) is 14.1. The van der Waals surface area contributed by atoms with Crippen LogP contribution in [-0.4, -0.2) is 6.61 Å². The Morgan fingerprint density at radius 1 is 1.16 bits per heavy atom. The number of hydrogen-bond acceptors (Lipinski definition) is 1. The third kappa shape index (κ3) is 7.19. The highest BCUT2D eigenvalue weighted by Gasteiger charge is 1.97. The van der Waals surface area contributed by atoms with Crippen LogP contribution in [0.2, 0.25) is 5.02 Å². The molecule has 2 heteroatoms. The Hall–Kier alpha value is -1.05. The molecule has 1 aromatic carbocycles. The molecule has 0 unspecified atom stereocenters. The van der Waals surface area contributed by atoms with Gasteiger partial charge in [-0.05, 0) is 45.2 Å². The minimum atomic E-state index is 0.567. The van der Waals surface area contributed by atoms with Crippen molar-refractivity contribution in [3.63, 3.8) is 0 Å². The molecule has 0 amide bonds. The van der Waals surface area contributed by atoms with Gasteiger partial charge in [-0.15, -0.1) is 0 Å². The lowest BCUT2D eigenvalue weighted by atomic mass is 10.1. The van der Waals surface area contributed by atoms with Crippen molar-refractivity contribution in [2.75, 3.05) is 6.61 Å². The highest BCUT2D eigenvalue weighted by atomic mass is 35.5. The van der Waals surface area contributed by atoms with E-state index < -0.39 is 0 Å². The van der Waals surface area contributed by atoms with Crippen molar-refractivity contribution in [3.8, 4) is 0 Å². The van der Waals surface area contributed by atoms with Crippen molar-refractivity contribution >= 4 is 11.6 Å². The zero-order valence-corrected chi connectivity index (χ0v) is 12.8. The fraction of sp³-hybridized carbons (Fsp3) is 0.412. The zero-order valence-electron chi connectivity index (χ0n) is 12.1. The maximum absolute atomic E-state index is 6.06. The molecule has 0 aromatic heterocycles. The topological polar surface area (TPSA) is 9.23 Å². The molecule has 0 heterocycles. The monoisotopic (exact) mass is 278 g/mol. The van der Waals surface area contributed by atoms with Crippen LogP contribution in [-0.2, 0) is 11.3 Å². The third-order valence-electron chi connectivity index (χ3n) is 2.86. The second-order valence-electron chi connectivity index (χ2n) is 4.98. The van der Waals surface area contributed by atoms with Crippen LogP contribution in [0.1, 0.15) is 39.2 Å². The minimum absolute atomic E-state index is 0.567. The van der Waals surface area contributed by atoms with Crippen molar-refractivity contribution in [1.82, 2.24) is 0 Å². The Bertz CT molecular complexity index is 442. The second-order valence-corrected chi connectivity index (χ2v) is 5.38. The van der Waals surface area contributed by atoms with Crippen LogP contribution in [0.25, 0.3) is 0 Å². The molecular formula is C17H23ClO. The normalized spacial score (nSPS) is 11.5. The Morgan fingerprint density at radius 3 is 2.58 bits per heavy atom. The Balaban J connectivity index is 2.26. The molecule has 104 valence electrons. The van der Waals surface area contributed by atoms with E-state index in [9.17, 15) is 0 Å². The summed E-state index contributed by atoms with van der Waals surface area (Å²) in [7, 11) is 0. The van der Waals surface area contributed by atoms with E-state index in [2.05, 4.69) is 32.9 Å². The van der Waals surface area contributed by atoms with E-state index in [1.807, 2.05) is 24.3 Å². The number of rotatable bonds is 7. The van der Waals surface area contributed by atoms with Crippen molar-refractivity contribution in [2.45, 2.75) is 40.2 Å². The van der Waals surface area contributed by atoms with Gasteiger partial charge in [0.1, 0.15) is 0 Å². The largest absolute Gasteiger partial charge is 0.373 e. The van der Waals surface area contributed by atoms with Gasteiger partial charge in [-0.2, -0.15) is 0 Å². The quantitative estimate of drug-likeness (QED) is 0.469. The summed E-state index contributed by atoms with van der Waals surface area (Å²) in [6.07, 6.45) is 6.62. The van der Waals surface area contributed by atoms with E-state index in [4.69, 9.17) is 16.3 Å². The molecule has 1 aromatic rings. The van der Waals surface area contributed by atoms with Gasteiger partial charge in [-0.25, -0.2) is 0 Å². The summed E-state index contributed by atoms with van der Waals surface area (Å²) in [4.78, 5) is 0. The summed E-state index contributed by atoms with van der Waals surface area (Å²) in [5, 5.41) is 0.770. The number of ether oxygens (including phenoxy) is 1. The van der Waals surface area contributed by atoms with Gasteiger partial charge in [0.2, 0.25) is 0 Å². The number of halogens is 1. The molecule has 0 spiro atoms. The maximum Gasteiger partial charge on any atom is 0.0735 e. The SMILES string of the molecule is CC(C)=CCC/C(C)=C/COCc1ccccc1Cl. The molecular weight excluding hydrogens is 256 g/mol. The van der Waals surface area contributed by atoms with Crippen LogP contribution in [0.3, 0.4) is 0 Å². The molecule has 0 bridgehead atoms. The van der Waals surface area contributed by atoms with Crippen LogP contribution in [0.15, 0.2) is 47.6 Å². The van der Waals surface area contributed by atoms with E-state index in [0.29, 0.717) is 13.2 Å². The van der Waals surface area contributed by atoms with Gasteiger partial charge >= 0.3 is 0 Å². The Labute approximate surface area is 121 Å². The lowest BCUT2D eigenvalue weighted by Gasteiger charge is -2.04. The van der Waals surface area contributed by atoms with E-state index in [1.165, 1.54) is 11.1 Å². The first kappa shape index (κ1) is 16.0. The van der Waals surface area contributed by atoms with Gasteiger partial charge in [-0.3, -0.25) is 0 Å². The minimum Gasteiger partial charge on any atom is -0.373 e. The van der Waals surface area contributed by atoms with Crippen LogP contribution in [0.5, 0.6) is 0 Å². The fourth-order valence-electron chi connectivity index (χ4n) is 1.68. The molecule has 0 radical (unpaired) electrons. The average Bonchev–Trinajstić information content (AvgIpc) is 2.36. The molecule has 0 fully saturated rings. The lowest BCUT2D eigenvalue weighted by Crippen LogP contribution is -1.94. The van der Waals surface area contributed by atoms with Gasteiger partial charge in [-0.1, -0.05) is 53.1 Å². The number of hydrogen-bond donors (Lipinski definition) is 0. The smallest absolute Gasteiger partial charge is 0.0735 e. The summed E-state index contributed by atoms with van der Waals surface area (Å²) in [6, 6.07) is 7.79. The summed E-state index contributed by atoms with van der Waals surface area (Å²) in [5.41, 5.74) is 3.79. The average molecular weight is 279 g/mol. The van der Waals surface area contributed by atoms with E-state index in [-0.39, 0.29) is 0 Å². The molecule has 0 saturated heterocycles. The first-order valence-electron chi connectivity index (χ1n) is 6.69. The highest BCUT2D eigenvalue weighted by molar-refractivity contribution is 6.31. The van der Waals surface area contributed by atoms with E-state index >= 15 is 0 Å². The van der Waals surface area contributed by atoms with E-state index in [1.54, 1.807) is 0 Å².